The number of esters is 2. The molecule has 0 aliphatic carbocycles. The fraction of sp³-hybridized carbons (Fsp3) is 0.833. The first-order valence-electron chi connectivity index (χ1n) is 6.02. The molecule has 0 aromatic carbocycles. The molecular weight excluding hydrogens is 220 g/mol. The van der Waals surface area contributed by atoms with Crippen LogP contribution in [0.1, 0.15) is 40.5 Å². The molecule has 5 heteroatoms. The molecule has 17 heavy (non-hydrogen) atoms. The molecule has 0 fully saturated rings. The number of carbonyl (C=O) groups is 2. The summed E-state index contributed by atoms with van der Waals surface area (Å²) in [7, 11) is 0. The third-order valence-corrected chi connectivity index (χ3v) is 3.27. The van der Waals surface area contributed by atoms with Crippen LogP contribution in [0.5, 0.6) is 0 Å². The molecule has 0 rings (SSSR count). The van der Waals surface area contributed by atoms with E-state index in [0.717, 1.165) is 6.42 Å². The zero-order chi connectivity index (χ0) is 13.6. The van der Waals surface area contributed by atoms with Gasteiger partial charge in [0.15, 0.2) is 0 Å². The minimum Gasteiger partial charge on any atom is -0.392 e. The van der Waals surface area contributed by atoms with Gasteiger partial charge >= 0.3 is 11.9 Å². The quantitative estimate of drug-likeness (QED) is 0.532. The zero-order valence-corrected chi connectivity index (χ0v) is 11.2. The van der Waals surface area contributed by atoms with Crippen molar-refractivity contribution in [3.63, 3.8) is 0 Å². The van der Waals surface area contributed by atoms with Gasteiger partial charge in [-0.05, 0) is 25.8 Å². The highest BCUT2D eigenvalue weighted by Crippen LogP contribution is 2.19. The van der Waals surface area contributed by atoms with Crippen molar-refractivity contribution in [2.75, 3.05) is 6.54 Å². The van der Waals surface area contributed by atoms with Crippen LogP contribution in [0.4, 0.5) is 0 Å². The molecule has 0 aliphatic rings. The fourth-order valence-electron chi connectivity index (χ4n) is 1.29. The van der Waals surface area contributed by atoms with E-state index >= 15 is 0 Å². The fourth-order valence-corrected chi connectivity index (χ4v) is 1.29. The lowest BCUT2D eigenvalue weighted by molar-refractivity contribution is -0.167. The van der Waals surface area contributed by atoms with E-state index < -0.39 is 17.5 Å². The van der Waals surface area contributed by atoms with E-state index in [1.54, 1.807) is 13.8 Å². The molecule has 0 aliphatic heterocycles. The van der Waals surface area contributed by atoms with E-state index in [1.165, 1.54) is 0 Å². The summed E-state index contributed by atoms with van der Waals surface area (Å²) in [5.41, 5.74) is 10.1. The SMILES string of the molecule is CC[C@@H](C)[C@@](C)(N)C(=O)OC(=O)C(C)CCN. The second-order valence-corrected chi connectivity index (χ2v) is 4.78. The van der Waals surface area contributed by atoms with Crippen LogP contribution in [0.25, 0.3) is 0 Å². The Hall–Kier alpha value is -0.940. The van der Waals surface area contributed by atoms with Crippen molar-refractivity contribution in [2.24, 2.45) is 23.3 Å². The molecule has 0 heterocycles. The molecule has 0 radical (unpaired) electrons. The molecule has 5 nitrogen and oxygen atoms in total. The van der Waals surface area contributed by atoms with Crippen molar-refractivity contribution in [3.05, 3.63) is 0 Å². The van der Waals surface area contributed by atoms with Gasteiger partial charge in [-0.1, -0.05) is 27.2 Å². The van der Waals surface area contributed by atoms with Crippen molar-refractivity contribution in [1.82, 2.24) is 0 Å². The summed E-state index contributed by atoms with van der Waals surface area (Å²) >= 11 is 0. The molecule has 0 spiro atoms. The molecule has 0 aromatic heterocycles. The van der Waals surface area contributed by atoms with Gasteiger partial charge in [-0.15, -0.1) is 0 Å². The highest BCUT2D eigenvalue weighted by atomic mass is 16.6. The van der Waals surface area contributed by atoms with E-state index in [9.17, 15) is 9.59 Å². The number of carbonyl (C=O) groups excluding carboxylic acids is 2. The average Bonchev–Trinajstić information content (AvgIpc) is 2.27. The average molecular weight is 244 g/mol. The molecule has 0 saturated carbocycles. The van der Waals surface area contributed by atoms with Gasteiger partial charge in [-0.3, -0.25) is 4.79 Å². The van der Waals surface area contributed by atoms with Crippen molar-refractivity contribution >= 4 is 11.9 Å². The summed E-state index contributed by atoms with van der Waals surface area (Å²) in [4.78, 5) is 23.3. The summed E-state index contributed by atoms with van der Waals surface area (Å²) < 4.78 is 4.79. The topological polar surface area (TPSA) is 95.4 Å². The minimum absolute atomic E-state index is 0.0485. The van der Waals surface area contributed by atoms with Crippen LogP contribution in [0.3, 0.4) is 0 Å². The van der Waals surface area contributed by atoms with E-state index in [2.05, 4.69) is 0 Å². The molecule has 100 valence electrons. The Kier molecular flexibility index (Phi) is 6.34. The lowest BCUT2D eigenvalue weighted by atomic mass is 9.86. The van der Waals surface area contributed by atoms with Crippen LogP contribution in [0, 0.1) is 11.8 Å². The summed E-state index contributed by atoms with van der Waals surface area (Å²) in [5.74, 6) is -1.65. The maximum Gasteiger partial charge on any atom is 0.333 e. The van der Waals surface area contributed by atoms with Gasteiger partial charge in [0.05, 0.1) is 5.92 Å². The lowest BCUT2D eigenvalue weighted by Crippen LogP contribution is -2.52. The first-order valence-corrected chi connectivity index (χ1v) is 6.02. The lowest BCUT2D eigenvalue weighted by Gasteiger charge is -2.28. The van der Waals surface area contributed by atoms with E-state index in [4.69, 9.17) is 16.2 Å². The second kappa shape index (κ2) is 6.71. The van der Waals surface area contributed by atoms with E-state index in [0.29, 0.717) is 13.0 Å². The normalized spacial score (nSPS) is 18.0. The van der Waals surface area contributed by atoms with E-state index in [1.807, 2.05) is 13.8 Å². The molecule has 1 unspecified atom stereocenters. The van der Waals surface area contributed by atoms with Crippen LogP contribution in [-0.2, 0) is 14.3 Å². The first-order chi connectivity index (χ1) is 7.77. The van der Waals surface area contributed by atoms with Gasteiger partial charge < -0.3 is 16.2 Å². The molecule has 0 aromatic rings. The third-order valence-electron chi connectivity index (χ3n) is 3.27. The van der Waals surface area contributed by atoms with Gasteiger partial charge in [0.25, 0.3) is 0 Å². The van der Waals surface area contributed by atoms with Crippen molar-refractivity contribution < 1.29 is 14.3 Å². The standard InChI is InChI=1S/C12H24N2O3/c1-5-9(3)12(4,14)11(16)17-10(15)8(2)6-7-13/h8-9H,5-7,13-14H2,1-4H3/t8?,9-,12-/m1/s1. The molecule has 4 N–H and O–H groups in total. The van der Waals surface area contributed by atoms with Gasteiger partial charge in [-0.2, -0.15) is 0 Å². The Bertz CT molecular complexity index is 277. The predicted octanol–water partition coefficient (Wildman–Crippen LogP) is 0.805. The van der Waals surface area contributed by atoms with E-state index in [-0.39, 0.29) is 11.8 Å². The van der Waals surface area contributed by atoms with Crippen molar-refractivity contribution in [3.8, 4) is 0 Å². The maximum atomic E-state index is 11.8. The number of rotatable bonds is 6. The molecule has 0 bridgehead atoms. The molecule has 0 amide bonds. The molecule has 0 saturated heterocycles. The summed E-state index contributed by atoms with van der Waals surface area (Å²) in [5, 5.41) is 0. The number of ether oxygens (including phenoxy) is 1. The highest BCUT2D eigenvalue weighted by Gasteiger charge is 2.37. The Morgan fingerprint density at radius 1 is 1.35 bits per heavy atom. The summed E-state index contributed by atoms with van der Waals surface area (Å²) in [6.45, 7) is 7.44. The van der Waals surface area contributed by atoms with Gasteiger partial charge in [-0.25, -0.2) is 4.79 Å². The zero-order valence-electron chi connectivity index (χ0n) is 11.2. The predicted molar refractivity (Wildman–Crippen MR) is 66.0 cm³/mol. The number of nitrogens with two attached hydrogens (primary N) is 2. The summed E-state index contributed by atoms with van der Waals surface area (Å²) in [6.07, 6.45) is 1.24. The first kappa shape index (κ1) is 16.1. The Morgan fingerprint density at radius 3 is 2.29 bits per heavy atom. The Balaban J connectivity index is 4.49. The summed E-state index contributed by atoms with van der Waals surface area (Å²) in [6, 6.07) is 0. The Morgan fingerprint density at radius 2 is 1.88 bits per heavy atom. The molecular formula is C12H24N2O3. The Labute approximate surface area is 103 Å². The van der Waals surface area contributed by atoms with Crippen molar-refractivity contribution in [1.29, 1.82) is 0 Å². The maximum absolute atomic E-state index is 11.8. The van der Waals surface area contributed by atoms with Gasteiger partial charge in [0, 0.05) is 0 Å². The second-order valence-electron chi connectivity index (χ2n) is 4.78. The molecule has 3 atom stereocenters. The van der Waals surface area contributed by atoms with Crippen molar-refractivity contribution in [2.45, 2.75) is 46.1 Å². The van der Waals surface area contributed by atoms with Crippen LogP contribution in [0.15, 0.2) is 0 Å². The minimum atomic E-state index is -1.13. The third kappa shape index (κ3) is 4.44. The smallest absolute Gasteiger partial charge is 0.333 e. The van der Waals surface area contributed by atoms with Crippen LogP contribution in [0.2, 0.25) is 0 Å². The largest absolute Gasteiger partial charge is 0.392 e. The van der Waals surface area contributed by atoms with Crippen LogP contribution in [-0.4, -0.2) is 24.0 Å². The monoisotopic (exact) mass is 244 g/mol. The highest BCUT2D eigenvalue weighted by molar-refractivity contribution is 5.91. The number of hydrogen-bond acceptors (Lipinski definition) is 5. The van der Waals surface area contributed by atoms with Crippen LogP contribution >= 0.6 is 0 Å². The van der Waals surface area contributed by atoms with Crippen LogP contribution < -0.4 is 11.5 Å². The number of hydrogen-bond donors (Lipinski definition) is 2. The van der Waals surface area contributed by atoms with Gasteiger partial charge in [0.1, 0.15) is 5.54 Å². The van der Waals surface area contributed by atoms with Gasteiger partial charge in [0.2, 0.25) is 0 Å².